The van der Waals surface area contributed by atoms with Crippen molar-refractivity contribution in [3.63, 3.8) is 0 Å². The third kappa shape index (κ3) is 4.19. The first-order valence-corrected chi connectivity index (χ1v) is 8.41. The Morgan fingerprint density at radius 1 is 1.12 bits per heavy atom. The molecule has 0 radical (unpaired) electrons. The third-order valence-electron chi connectivity index (χ3n) is 4.47. The Labute approximate surface area is 142 Å². The van der Waals surface area contributed by atoms with Gasteiger partial charge in [0.1, 0.15) is 0 Å². The second-order valence-corrected chi connectivity index (χ2v) is 6.20. The average Bonchev–Trinajstić information content (AvgIpc) is 3.14. The molecule has 126 valence electrons. The zero-order chi connectivity index (χ0) is 16.8. The molecule has 1 atom stereocenters. The molecule has 1 N–H and O–H groups in total. The number of aromatic nitrogens is 1. The molecule has 1 amide bonds. The number of likely N-dealkylation sites (tertiary alicyclic amines) is 1. The number of nitrogens with zero attached hydrogens (tertiary/aromatic N) is 3. The van der Waals surface area contributed by atoms with Gasteiger partial charge in [-0.05, 0) is 49.2 Å². The number of hydrogen-bond donors (Lipinski definition) is 1. The molecule has 24 heavy (non-hydrogen) atoms. The predicted octanol–water partition coefficient (Wildman–Crippen LogP) is 2.68. The lowest BCUT2D eigenvalue weighted by atomic mass is 10.1. The van der Waals surface area contributed by atoms with E-state index in [0.717, 1.165) is 29.3 Å². The number of carbonyl (C=O) groups is 1. The summed E-state index contributed by atoms with van der Waals surface area (Å²) in [5, 5.41) is 11.5. The Kier molecular flexibility index (Phi) is 5.56. The van der Waals surface area contributed by atoms with E-state index in [1.165, 1.54) is 12.8 Å². The number of hydrogen-bond acceptors (Lipinski definition) is 4. The minimum Gasteiger partial charge on any atom is -0.301 e. The first kappa shape index (κ1) is 16.6. The highest BCUT2D eigenvalue weighted by molar-refractivity contribution is 5.78. The summed E-state index contributed by atoms with van der Waals surface area (Å²) in [6.45, 7) is 2.70. The van der Waals surface area contributed by atoms with E-state index in [0.29, 0.717) is 6.54 Å². The smallest absolute Gasteiger partial charge is 0.250 e. The number of benzene rings is 1. The summed E-state index contributed by atoms with van der Waals surface area (Å²) in [5.41, 5.74) is 1.80. The lowest BCUT2D eigenvalue weighted by Gasteiger charge is -2.30. The molecule has 0 spiro atoms. The molecule has 1 fully saturated rings. The van der Waals surface area contributed by atoms with Gasteiger partial charge < -0.3 is 4.90 Å². The maximum atomic E-state index is 12.5. The Morgan fingerprint density at radius 2 is 1.79 bits per heavy atom. The topological polar surface area (TPSA) is 56.7 Å². The molecule has 1 unspecified atom stereocenters. The van der Waals surface area contributed by atoms with Crippen LogP contribution in [0.1, 0.15) is 30.0 Å². The van der Waals surface area contributed by atoms with E-state index >= 15 is 0 Å². The molecule has 2 aromatic rings. The fraction of sp³-hybridized carbons (Fsp3) is 0.368. The summed E-state index contributed by atoms with van der Waals surface area (Å²) in [6, 6.07) is 13.0. The average molecular weight is 325 g/mol. The second kappa shape index (κ2) is 8.04. The number of rotatable bonds is 6. The summed E-state index contributed by atoms with van der Waals surface area (Å²) in [6.07, 6.45) is 5.84. The van der Waals surface area contributed by atoms with E-state index in [1.54, 1.807) is 24.5 Å². The number of amides is 1. The van der Waals surface area contributed by atoms with Crippen LogP contribution < -0.4 is 0 Å². The van der Waals surface area contributed by atoms with Gasteiger partial charge in [0.2, 0.25) is 0 Å². The van der Waals surface area contributed by atoms with Crippen LogP contribution in [-0.2, 0) is 11.2 Å². The predicted molar refractivity (Wildman–Crippen MR) is 91.4 cm³/mol. The van der Waals surface area contributed by atoms with E-state index < -0.39 is 0 Å². The second-order valence-electron chi connectivity index (χ2n) is 6.20. The van der Waals surface area contributed by atoms with Crippen molar-refractivity contribution in [2.45, 2.75) is 25.3 Å². The minimum absolute atomic E-state index is 0.169. The Hall–Kier alpha value is -2.24. The highest BCUT2D eigenvalue weighted by Crippen LogP contribution is 2.23. The zero-order valence-electron chi connectivity index (χ0n) is 13.7. The van der Waals surface area contributed by atoms with Crippen molar-refractivity contribution in [3.8, 4) is 0 Å². The molecule has 0 saturated carbocycles. The highest BCUT2D eigenvalue weighted by Gasteiger charge is 2.27. The van der Waals surface area contributed by atoms with Crippen LogP contribution in [0.5, 0.6) is 0 Å². The Balaban J connectivity index is 1.74. The van der Waals surface area contributed by atoms with Gasteiger partial charge in [-0.1, -0.05) is 30.3 Å². The summed E-state index contributed by atoms with van der Waals surface area (Å²) in [7, 11) is 0. The van der Waals surface area contributed by atoms with Crippen molar-refractivity contribution >= 4 is 5.91 Å². The minimum atomic E-state index is -0.348. The van der Waals surface area contributed by atoms with E-state index in [1.807, 2.05) is 30.3 Å². The van der Waals surface area contributed by atoms with Crippen molar-refractivity contribution in [2.24, 2.45) is 0 Å². The van der Waals surface area contributed by atoms with Gasteiger partial charge in [0, 0.05) is 18.9 Å². The standard InChI is InChI=1S/C19H23N3O2/c23-19(14-16-8-10-20-11-9-16)22(24)18(15-21-12-4-5-13-21)17-6-2-1-3-7-17/h1-3,6-11,18,24H,4-5,12-15H2. The van der Waals surface area contributed by atoms with Crippen LogP contribution in [0.25, 0.3) is 0 Å². The summed E-state index contributed by atoms with van der Waals surface area (Å²) >= 11 is 0. The highest BCUT2D eigenvalue weighted by atomic mass is 16.5. The summed E-state index contributed by atoms with van der Waals surface area (Å²) in [5.74, 6) is -0.297. The summed E-state index contributed by atoms with van der Waals surface area (Å²) in [4.78, 5) is 18.8. The van der Waals surface area contributed by atoms with Crippen molar-refractivity contribution in [1.82, 2.24) is 14.9 Å². The number of hydroxylamine groups is 2. The van der Waals surface area contributed by atoms with Gasteiger partial charge >= 0.3 is 0 Å². The normalized spacial score (nSPS) is 16.0. The van der Waals surface area contributed by atoms with Gasteiger partial charge in [0.05, 0.1) is 12.5 Å². The monoisotopic (exact) mass is 325 g/mol. The molecule has 1 aromatic carbocycles. The first-order valence-electron chi connectivity index (χ1n) is 8.41. The van der Waals surface area contributed by atoms with Crippen LogP contribution in [0, 0.1) is 0 Å². The Morgan fingerprint density at radius 3 is 2.46 bits per heavy atom. The lowest BCUT2D eigenvalue weighted by Crippen LogP contribution is -2.39. The van der Waals surface area contributed by atoms with Crippen LogP contribution in [0.3, 0.4) is 0 Å². The van der Waals surface area contributed by atoms with Crippen LogP contribution >= 0.6 is 0 Å². The molecule has 5 heteroatoms. The van der Waals surface area contributed by atoms with Crippen LogP contribution in [-0.4, -0.2) is 45.7 Å². The fourth-order valence-corrected chi connectivity index (χ4v) is 3.14. The Bertz CT molecular complexity index is 642. The van der Waals surface area contributed by atoms with Gasteiger partial charge in [-0.2, -0.15) is 0 Å². The fourth-order valence-electron chi connectivity index (χ4n) is 3.14. The van der Waals surface area contributed by atoms with E-state index in [2.05, 4.69) is 9.88 Å². The van der Waals surface area contributed by atoms with Gasteiger partial charge in [0.25, 0.3) is 5.91 Å². The van der Waals surface area contributed by atoms with Gasteiger partial charge in [-0.15, -0.1) is 0 Å². The van der Waals surface area contributed by atoms with E-state index in [9.17, 15) is 10.0 Å². The first-order chi connectivity index (χ1) is 11.7. The molecule has 3 rings (SSSR count). The molecule has 1 aliphatic rings. The quantitative estimate of drug-likeness (QED) is 0.655. The molecular formula is C19H23N3O2. The maximum absolute atomic E-state index is 12.5. The summed E-state index contributed by atoms with van der Waals surface area (Å²) < 4.78 is 0. The van der Waals surface area contributed by atoms with Crippen LogP contribution in [0.15, 0.2) is 54.9 Å². The molecule has 1 aliphatic heterocycles. The van der Waals surface area contributed by atoms with Gasteiger partial charge in [-0.3, -0.25) is 15.0 Å². The lowest BCUT2D eigenvalue weighted by molar-refractivity contribution is -0.177. The van der Waals surface area contributed by atoms with Gasteiger partial charge in [0.15, 0.2) is 0 Å². The molecule has 5 nitrogen and oxygen atoms in total. The molecule has 1 aromatic heterocycles. The van der Waals surface area contributed by atoms with Crippen LogP contribution in [0.4, 0.5) is 0 Å². The molecule has 2 heterocycles. The number of carbonyl (C=O) groups excluding carboxylic acids is 1. The third-order valence-corrected chi connectivity index (χ3v) is 4.47. The zero-order valence-corrected chi connectivity index (χ0v) is 13.7. The SMILES string of the molecule is O=C(Cc1ccncc1)N(O)C(CN1CCCC1)c1ccccc1. The van der Waals surface area contributed by atoms with Crippen molar-refractivity contribution < 1.29 is 10.0 Å². The van der Waals surface area contributed by atoms with E-state index in [4.69, 9.17) is 0 Å². The molecular weight excluding hydrogens is 302 g/mol. The van der Waals surface area contributed by atoms with Crippen molar-refractivity contribution in [3.05, 3.63) is 66.0 Å². The molecule has 0 bridgehead atoms. The molecule has 0 aliphatic carbocycles. The number of pyridine rings is 1. The maximum Gasteiger partial charge on any atom is 0.250 e. The van der Waals surface area contributed by atoms with Crippen molar-refractivity contribution in [2.75, 3.05) is 19.6 Å². The van der Waals surface area contributed by atoms with Crippen LogP contribution in [0.2, 0.25) is 0 Å². The molecule has 1 saturated heterocycles. The van der Waals surface area contributed by atoms with Gasteiger partial charge in [-0.25, -0.2) is 5.06 Å². The van der Waals surface area contributed by atoms with Crippen molar-refractivity contribution in [1.29, 1.82) is 0 Å². The van der Waals surface area contributed by atoms with E-state index in [-0.39, 0.29) is 18.4 Å². The largest absolute Gasteiger partial charge is 0.301 e.